The zero-order valence-electron chi connectivity index (χ0n) is 18.8. The van der Waals surface area contributed by atoms with Crippen LogP contribution in [-0.4, -0.2) is 55.0 Å². The number of hydrogen-bond acceptors (Lipinski definition) is 4. The highest BCUT2D eigenvalue weighted by Crippen LogP contribution is 2.20. The second kappa shape index (κ2) is 11.3. The number of carbonyl (C=O) groups is 3. The number of urea groups is 1. The molecule has 0 aromatic heterocycles. The van der Waals surface area contributed by atoms with Gasteiger partial charge in [-0.3, -0.25) is 9.59 Å². The molecule has 9 heteroatoms. The van der Waals surface area contributed by atoms with Crippen molar-refractivity contribution in [2.45, 2.75) is 38.3 Å². The normalized spacial score (nSPS) is 14.8. The molecule has 1 aliphatic heterocycles. The summed E-state index contributed by atoms with van der Waals surface area (Å²) < 4.78 is 18.7. The van der Waals surface area contributed by atoms with Gasteiger partial charge in [0.15, 0.2) is 0 Å². The number of benzene rings is 2. The highest BCUT2D eigenvalue weighted by Gasteiger charge is 2.27. The standard InChI is InChI=1S/C24H29FN4O4/c1-16(30)26-21(14-17-6-3-4-9-22(17)33-2)23(31)27-19-10-12-29(13-11-19)24(32)28-20-8-5-7-18(25)15-20/h3-9,15,19,21H,10-14H2,1-2H3,(H,26,30)(H,27,31)(H,28,32)/t21-/m1/s1. The van der Waals surface area contributed by atoms with Gasteiger partial charge in [0.05, 0.1) is 7.11 Å². The van der Waals surface area contributed by atoms with E-state index in [-0.39, 0.29) is 23.9 Å². The second-order valence-electron chi connectivity index (χ2n) is 7.98. The van der Waals surface area contributed by atoms with Gasteiger partial charge in [-0.05, 0) is 42.7 Å². The van der Waals surface area contributed by atoms with E-state index in [4.69, 9.17) is 4.74 Å². The number of hydrogen-bond donors (Lipinski definition) is 3. The molecule has 8 nitrogen and oxygen atoms in total. The highest BCUT2D eigenvalue weighted by atomic mass is 19.1. The molecule has 2 aromatic rings. The number of nitrogens with one attached hydrogen (secondary N) is 3. The van der Waals surface area contributed by atoms with Crippen molar-refractivity contribution in [3.8, 4) is 5.75 Å². The molecule has 0 radical (unpaired) electrons. The van der Waals surface area contributed by atoms with Crippen molar-refractivity contribution in [3.05, 3.63) is 59.9 Å². The molecule has 33 heavy (non-hydrogen) atoms. The summed E-state index contributed by atoms with van der Waals surface area (Å²) in [7, 11) is 1.56. The van der Waals surface area contributed by atoms with Crippen molar-refractivity contribution in [1.29, 1.82) is 0 Å². The number of amides is 4. The van der Waals surface area contributed by atoms with Crippen molar-refractivity contribution in [2.75, 3.05) is 25.5 Å². The third kappa shape index (κ3) is 6.93. The van der Waals surface area contributed by atoms with Crippen LogP contribution >= 0.6 is 0 Å². The van der Waals surface area contributed by atoms with Crippen LogP contribution in [0.25, 0.3) is 0 Å². The number of nitrogens with zero attached hydrogens (tertiary/aromatic N) is 1. The number of para-hydroxylation sites is 1. The van der Waals surface area contributed by atoms with E-state index in [1.54, 1.807) is 18.1 Å². The topological polar surface area (TPSA) is 99.8 Å². The van der Waals surface area contributed by atoms with Crippen molar-refractivity contribution in [3.63, 3.8) is 0 Å². The fourth-order valence-corrected chi connectivity index (χ4v) is 3.84. The summed E-state index contributed by atoms with van der Waals surface area (Å²) >= 11 is 0. The van der Waals surface area contributed by atoms with Crippen LogP contribution in [0, 0.1) is 5.82 Å². The van der Waals surface area contributed by atoms with Gasteiger partial charge < -0.3 is 25.6 Å². The number of carbonyl (C=O) groups excluding carboxylic acids is 3. The lowest BCUT2D eigenvalue weighted by Crippen LogP contribution is -2.53. The third-order valence-electron chi connectivity index (χ3n) is 5.51. The Labute approximate surface area is 192 Å². The van der Waals surface area contributed by atoms with E-state index in [2.05, 4.69) is 16.0 Å². The van der Waals surface area contributed by atoms with E-state index < -0.39 is 11.9 Å². The Morgan fingerprint density at radius 3 is 2.52 bits per heavy atom. The van der Waals surface area contributed by atoms with Crippen LogP contribution in [0.1, 0.15) is 25.3 Å². The quantitative estimate of drug-likeness (QED) is 0.597. The zero-order valence-corrected chi connectivity index (χ0v) is 18.8. The number of rotatable bonds is 7. The molecule has 0 spiro atoms. The van der Waals surface area contributed by atoms with Gasteiger partial charge in [0.1, 0.15) is 17.6 Å². The van der Waals surface area contributed by atoms with Crippen LogP contribution in [0.5, 0.6) is 5.75 Å². The summed E-state index contributed by atoms with van der Waals surface area (Å²) in [5.41, 5.74) is 1.21. The molecular weight excluding hydrogens is 427 g/mol. The molecule has 1 heterocycles. The van der Waals surface area contributed by atoms with Gasteiger partial charge in [0, 0.05) is 38.2 Å². The smallest absolute Gasteiger partial charge is 0.321 e. The Balaban J connectivity index is 1.54. The monoisotopic (exact) mass is 456 g/mol. The minimum atomic E-state index is -0.742. The van der Waals surface area contributed by atoms with E-state index in [1.165, 1.54) is 25.1 Å². The highest BCUT2D eigenvalue weighted by molar-refractivity contribution is 5.89. The lowest BCUT2D eigenvalue weighted by molar-refractivity contribution is -0.128. The molecule has 3 N–H and O–H groups in total. The fraction of sp³-hybridized carbons (Fsp3) is 0.375. The van der Waals surface area contributed by atoms with Gasteiger partial charge >= 0.3 is 6.03 Å². The molecule has 0 aliphatic carbocycles. The van der Waals surface area contributed by atoms with Crippen molar-refractivity contribution in [1.82, 2.24) is 15.5 Å². The van der Waals surface area contributed by atoms with Gasteiger partial charge in [-0.2, -0.15) is 0 Å². The number of likely N-dealkylation sites (tertiary alicyclic amines) is 1. The van der Waals surface area contributed by atoms with Crippen LogP contribution in [-0.2, 0) is 16.0 Å². The average molecular weight is 457 g/mol. The SMILES string of the molecule is COc1ccccc1C[C@@H](NC(C)=O)C(=O)NC1CCN(C(=O)Nc2cccc(F)c2)CC1. The molecule has 3 rings (SSSR count). The summed E-state index contributed by atoms with van der Waals surface area (Å²) in [5, 5.41) is 8.40. The molecule has 1 saturated heterocycles. The minimum Gasteiger partial charge on any atom is -0.496 e. The zero-order chi connectivity index (χ0) is 23.8. The second-order valence-corrected chi connectivity index (χ2v) is 7.98. The van der Waals surface area contributed by atoms with Crippen LogP contribution in [0.4, 0.5) is 14.9 Å². The number of methoxy groups -OCH3 is 1. The predicted octanol–water partition coefficient (Wildman–Crippen LogP) is 2.69. The molecule has 0 unspecified atom stereocenters. The van der Waals surface area contributed by atoms with Crippen LogP contribution in [0.2, 0.25) is 0 Å². The van der Waals surface area contributed by atoms with E-state index in [1.807, 2.05) is 24.3 Å². The first-order valence-electron chi connectivity index (χ1n) is 10.9. The Morgan fingerprint density at radius 2 is 1.85 bits per heavy atom. The molecule has 4 amide bonds. The van der Waals surface area contributed by atoms with Crippen molar-refractivity contribution >= 4 is 23.5 Å². The first-order valence-corrected chi connectivity index (χ1v) is 10.9. The maximum absolute atomic E-state index is 13.3. The number of piperidine rings is 1. The summed E-state index contributed by atoms with van der Waals surface area (Å²) in [6, 6.07) is 11.9. The molecule has 1 fully saturated rings. The Hall–Kier alpha value is -3.62. The molecular formula is C24H29FN4O4. The average Bonchev–Trinajstić information content (AvgIpc) is 2.79. The first-order chi connectivity index (χ1) is 15.9. The van der Waals surface area contributed by atoms with E-state index in [0.717, 1.165) is 5.56 Å². The molecule has 2 aromatic carbocycles. The summed E-state index contributed by atoms with van der Waals surface area (Å²) in [4.78, 5) is 38.7. The Kier molecular flexibility index (Phi) is 8.23. The van der Waals surface area contributed by atoms with Gasteiger partial charge in [-0.1, -0.05) is 24.3 Å². The molecule has 0 bridgehead atoms. The predicted molar refractivity (Wildman–Crippen MR) is 122 cm³/mol. The van der Waals surface area contributed by atoms with Crippen molar-refractivity contribution < 1.29 is 23.5 Å². The van der Waals surface area contributed by atoms with E-state index >= 15 is 0 Å². The van der Waals surface area contributed by atoms with E-state index in [9.17, 15) is 18.8 Å². The fourth-order valence-electron chi connectivity index (χ4n) is 3.84. The molecule has 176 valence electrons. The van der Waals surface area contributed by atoms with E-state index in [0.29, 0.717) is 43.8 Å². The molecule has 1 aliphatic rings. The molecule has 1 atom stereocenters. The summed E-state index contributed by atoms with van der Waals surface area (Å²) in [6.45, 7) is 2.27. The van der Waals surface area contributed by atoms with Crippen LogP contribution in [0.15, 0.2) is 48.5 Å². The summed E-state index contributed by atoms with van der Waals surface area (Å²) in [5.74, 6) is -0.345. The number of halogens is 1. The third-order valence-corrected chi connectivity index (χ3v) is 5.51. The Bertz CT molecular complexity index is 992. The lowest BCUT2D eigenvalue weighted by Gasteiger charge is -2.33. The van der Waals surface area contributed by atoms with Gasteiger partial charge in [0.2, 0.25) is 11.8 Å². The Morgan fingerprint density at radius 1 is 1.12 bits per heavy atom. The lowest BCUT2D eigenvalue weighted by atomic mass is 10.0. The van der Waals surface area contributed by atoms with Crippen LogP contribution in [0.3, 0.4) is 0 Å². The summed E-state index contributed by atoms with van der Waals surface area (Å²) in [6.07, 6.45) is 1.44. The maximum Gasteiger partial charge on any atom is 0.321 e. The minimum absolute atomic E-state index is 0.121. The van der Waals surface area contributed by atoms with Gasteiger partial charge in [0.25, 0.3) is 0 Å². The first kappa shape index (κ1) is 24.0. The van der Waals surface area contributed by atoms with Crippen molar-refractivity contribution in [2.24, 2.45) is 0 Å². The van der Waals surface area contributed by atoms with Crippen LogP contribution < -0.4 is 20.7 Å². The number of ether oxygens (including phenoxy) is 1. The maximum atomic E-state index is 13.3. The number of anilines is 1. The molecule has 0 saturated carbocycles. The van der Waals surface area contributed by atoms with Gasteiger partial charge in [-0.25, -0.2) is 9.18 Å². The van der Waals surface area contributed by atoms with Gasteiger partial charge in [-0.15, -0.1) is 0 Å². The largest absolute Gasteiger partial charge is 0.496 e.